The van der Waals surface area contributed by atoms with Crippen molar-refractivity contribution in [2.24, 2.45) is 11.1 Å². The molecule has 9 heteroatoms. The summed E-state index contributed by atoms with van der Waals surface area (Å²) < 4.78 is 12.0. The van der Waals surface area contributed by atoms with E-state index in [2.05, 4.69) is 29.6 Å². The maximum absolute atomic E-state index is 13.2. The minimum atomic E-state index is -0.902. The van der Waals surface area contributed by atoms with E-state index in [1.54, 1.807) is 18.2 Å². The molecule has 3 aromatic carbocycles. The molecule has 276 valence electrons. The first-order valence-corrected chi connectivity index (χ1v) is 19.0. The van der Waals surface area contributed by atoms with Crippen LogP contribution in [0.25, 0.3) is 0 Å². The Morgan fingerprint density at radius 3 is 2.39 bits per heavy atom. The summed E-state index contributed by atoms with van der Waals surface area (Å²) in [6, 6.07) is 19.1. The van der Waals surface area contributed by atoms with Crippen LogP contribution >= 0.6 is 0 Å². The number of benzene rings is 3. The average Bonchev–Trinajstić information content (AvgIpc) is 3.60. The SMILES string of the molecule is NCOc1cc(CCC(=O)C[C@H](O)C[C@H](CC2(c3ccccc3)CCCCC2)c2cc(O)c(O)c(O[C@H]3CCNCC34CCCC4)c2)ccc1O. The number of nitrogens with one attached hydrogen (secondary N) is 1. The van der Waals surface area contributed by atoms with Gasteiger partial charge in [-0.1, -0.05) is 68.5 Å². The molecule has 3 aliphatic rings. The van der Waals surface area contributed by atoms with E-state index >= 15 is 0 Å². The highest BCUT2D eigenvalue weighted by Crippen LogP contribution is 2.51. The lowest BCUT2D eigenvalue weighted by Gasteiger charge is -2.42. The molecule has 2 aliphatic carbocycles. The Morgan fingerprint density at radius 1 is 0.902 bits per heavy atom. The van der Waals surface area contributed by atoms with E-state index in [0.29, 0.717) is 18.6 Å². The number of Topliss-reactive ketones (excluding diaryl/α,β-unsaturated/α-hetero) is 1. The normalized spacial score (nSPS) is 20.9. The molecule has 7 N–H and O–H groups in total. The summed E-state index contributed by atoms with van der Waals surface area (Å²) in [7, 11) is 0. The number of ether oxygens (including phenoxy) is 2. The maximum Gasteiger partial charge on any atom is 0.200 e. The zero-order valence-corrected chi connectivity index (χ0v) is 29.8. The molecular formula is C42H56N2O7. The molecule has 1 spiro atoms. The number of phenols is 3. The van der Waals surface area contributed by atoms with Gasteiger partial charge in [0.15, 0.2) is 23.0 Å². The predicted molar refractivity (Wildman–Crippen MR) is 197 cm³/mol. The van der Waals surface area contributed by atoms with E-state index in [-0.39, 0.29) is 71.2 Å². The van der Waals surface area contributed by atoms with Crippen LogP contribution in [0.15, 0.2) is 60.7 Å². The molecule has 0 amide bonds. The van der Waals surface area contributed by atoms with E-state index < -0.39 is 6.10 Å². The second-order valence-corrected chi connectivity index (χ2v) is 15.4. The van der Waals surface area contributed by atoms with Crippen LogP contribution in [-0.4, -0.2) is 58.2 Å². The first-order valence-electron chi connectivity index (χ1n) is 19.0. The highest BCUT2D eigenvalue weighted by Gasteiger charge is 2.45. The van der Waals surface area contributed by atoms with Crippen molar-refractivity contribution < 1.29 is 34.7 Å². The number of phenolic OH excluding ortho intramolecular Hbond substituents is 3. The molecule has 0 aromatic heterocycles. The number of aryl methyl sites for hydroxylation is 1. The van der Waals surface area contributed by atoms with Gasteiger partial charge in [0.05, 0.1) is 6.10 Å². The van der Waals surface area contributed by atoms with Crippen LogP contribution in [0.3, 0.4) is 0 Å². The van der Waals surface area contributed by atoms with Crippen LogP contribution in [0.4, 0.5) is 0 Å². The summed E-state index contributed by atoms with van der Waals surface area (Å²) in [6.07, 6.45) is 11.6. The van der Waals surface area contributed by atoms with Crippen molar-refractivity contribution in [1.82, 2.24) is 5.32 Å². The largest absolute Gasteiger partial charge is 0.504 e. The fourth-order valence-electron chi connectivity index (χ4n) is 9.26. The summed E-state index contributed by atoms with van der Waals surface area (Å²) in [5.41, 5.74) is 8.30. The predicted octanol–water partition coefficient (Wildman–Crippen LogP) is 7.12. The molecule has 9 nitrogen and oxygen atoms in total. The minimum Gasteiger partial charge on any atom is -0.504 e. The Hall–Kier alpha value is -3.79. The van der Waals surface area contributed by atoms with Crippen LogP contribution in [0.2, 0.25) is 0 Å². The number of hydrogen-bond acceptors (Lipinski definition) is 9. The van der Waals surface area contributed by atoms with Gasteiger partial charge in [-0.2, -0.15) is 0 Å². The number of carbonyl (C=O) groups is 1. The lowest BCUT2D eigenvalue weighted by molar-refractivity contribution is -0.121. The number of rotatable bonds is 15. The van der Waals surface area contributed by atoms with Crippen LogP contribution in [0.5, 0.6) is 28.7 Å². The van der Waals surface area contributed by atoms with Gasteiger partial charge < -0.3 is 35.2 Å². The Bertz CT molecular complexity index is 1600. The number of aromatic hydroxyl groups is 3. The Kier molecular flexibility index (Phi) is 12.1. The smallest absolute Gasteiger partial charge is 0.200 e. The number of ketones is 1. The fourth-order valence-corrected chi connectivity index (χ4v) is 9.26. The molecule has 1 saturated heterocycles. The Balaban J connectivity index is 1.24. The monoisotopic (exact) mass is 700 g/mol. The molecule has 3 atom stereocenters. The first-order chi connectivity index (χ1) is 24.7. The summed E-state index contributed by atoms with van der Waals surface area (Å²) >= 11 is 0. The van der Waals surface area contributed by atoms with Gasteiger partial charge in [0.25, 0.3) is 0 Å². The van der Waals surface area contributed by atoms with E-state index in [0.717, 1.165) is 88.4 Å². The van der Waals surface area contributed by atoms with Crippen LogP contribution in [0.1, 0.15) is 112 Å². The van der Waals surface area contributed by atoms with Gasteiger partial charge in [-0.15, -0.1) is 0 Å². The number of aliphatic hydroxyl groups excluding tert-OH is 1. The summed E-state index contributed by atoms with van der Waals surface area (Å²) in [4.78, 5) is 13.2. The van der Waals surface area contributed by atoms with Crippen molar-refractivity contribution in [2.75, 3.05) is 19.8 Å². The second-order valence-electron chi connectivity index (χ2n) is 15.4. The number of carbonyl (C=O) groups excluding carboxylic acids is 1. The van der Waals surface area contributed by atoms with Crippen molar-refractivity contribution in [3.63, 3.8) is 0 Å². The molecular weight excluding hydrogens is 644 g/mol. The number of aliphatic hydroxyl groups is 1. The van der Waals surface area contributed by atoms with E-state index in [4.69, 9.17) is 15.2 Å². The molecule has 51 heavy (non-hydrogen) atoms. The number of nitrogens with two attached hydrogens (primary N) is 1. The number of hydrogen-bond donors (Lipinski definition) is 6. The molecule has 3 fully saturated rings. The maximum atomic E-state index is 13.2. The third kappa shape index (κ3) is 8.82. The van der Waals surface area contributed by atoms with Gasteiger partial charge >= 0.3 is 0 Å². The number of piperidine rings is 1. The minimum absolute atomic E-state index is 0.00406. The van der Waals surface area contributed by atoms with Gasteiger partial charge in [0, 0.05) is 24.8 Å². The van der Waals surface area contributed by atoms with Crippen molar-refractivity contribution in [2.45, 2.75) is 120 Å². The Morgan fingerprint density at radius 2 is 1.65 bits per heavy atom. The van der Waals surface area contributed by atoms with Crippen molar-refractivity contribution in [1.29, 1.82) is 0 Å². The van der Waals surface area contributed by atoms with Gasteiger partial charge in [0.2, 0.25) is 5.75 Å². The van der Waals surface area contributed by atoms with Crippen molar-refractivity contribution in [3.8, 4) is 28.7 Å². The molecule has 3 aromatic rings. The highest BCUT2D eigenvalue weighted by molar-refractivity contribution is 5.79. The lowest BCUT2D eigenvalue weighted by Crippen LogP contribution is -2.50. The van der Waals surface area contributed by atoms with Gasteiger partial charge in [-0.05, 0) is 110 Å². The van der Waals surface area contributed by atoms with E-state index in [9.17, 15) is 25.2 Å². The lowest BCUT2D eigenvalue weighted by atomic mass is 9.63. The van der Waals surface area contributed by atoms with Crippen LogP contribution in [0, 0.1) is 5.41 Å². The fraction of sp³-hybridized carbons (Fsp3) is 0.548. The molecule has 0 unspecified atom stereocenters. The first kappa shape index (κ1) is 37.0. The zero-order chi connectivity index (χ0) is 35.8. The van der Waals surface area contributed by atoms with Crippen LogP contribution in [-0.2, 0) is 16.6 Å². The van der Waals surface area contributed by atoms with Crippen molar-refractivity contribution >= 4 is 5.78 Å². The zero-order valence-electron chi connectivity index (χ0n) is 29.8. The third-order valence-electron chi connectivity index (χ3n) is 12.0. The molecule has 2 saturated carbocycles. The third-order valence-corrected chi connectivity index (χ3v) is 12.0. The summed E-state index contributed by atoms with van der Waals surface area (Å²) in [5.74, 6) is -0.174. The van der Waals surface area contributed by atoms with Crippen molar-refractivity contribution in [3.05, 3.63) is 77.4 Å². The molecule has 6 rings (SSSR count). The molecule has 1 aliphatic heterocycles. The van der Waals surface area contributed by atoms with Crippen LogP contribution < -0.4 is 20.5 Å². The quantitative estimate of drug-likeness (QED) is 0.0719. The topological polar surface area (TPSA) is 154 Å². The van der Waals surface area contributed by atoms with Gasteiger partial charge in [-0.25, -0.2) is 0 Å². The summed E-state index contributed by atoms with van der Waals surface area (Å²) in [5, 5.41) is 47.4. The second kappa shape index (κ2) is 16.7. The van der Waals surface area contributed by atoms with E-state index in [1.807, 2.05) is 12.1 Å². The average molecular weight is 701 g/mol. The van der Waals surface area contributed by atoms with Gasteiger partial charge in [-0.3, -0.25) is 10.5 Å². The Labute approximate surface area is 302 Å². The van der Waals surface area contributed by atoms with E-state index in [1.165, 1.54) is 18.1 Å². The van der Waals surface area contributed by atoms with Gasteiger partial charge in [0.1, 0.15) is 18.6 Å². The molecule has 1 heterocycles. The molecule has 0 bridgehead atoms. The highest BCUT2D eigenvalue weighted by atomic mass is 16.5. The summed E-state index contributed by atoms with van der Waals surface area (Å²) in [6.45, 7) is 1.67. The standard InChI is InChI=1S/C42H56N2O7/c43-28-50-37-21-29(12-14-35(37)47)11-13-33(45)25-34(46)22-31(26-41(16-5-2-6-17-41)32-9-3-1-4-10-32)30-23-36(48)40(49)38(24-30)51-39-15-20-44-27-42(39)18-7-8-19-42/h1,3-4,9-10,12,14,21,23-24,31,34,39,44,46-49H,2,5-8,11,13,15-20,22,25-28,43H2/t31-,34-,39+/m1/s1. The molecule has 0 radical (unpaired) electrons.